The zero-order chi connectivity index (χ0) is 22.7. The Balaban J connectivity index is 1.30. The number of rotatable bonds is 7. The van der Waals surface area contributed by atoms with Crippen molar-refractivity contribution in [3.05, 3.63) is 77.8 Å². The molecule has 3 aromatic rings. The number of allylic oxidation sites excluding steroid dienone is 1. The normalized spacial score (nSPS) is 15.6. The molecular weight excluding hydrogens is 406 g/mol. The molecule has 2 heterocycles. The minimum atomic E-state index is -0.487. The molecule has 4 rings (SSSR count). The molecule has 0 unspecified atom stereocenters. The summed E-state index contributed by atoms with van der Waals surface area (Å²) in [7, 11) is 1.94. The molecule has 0 atom stereocenters. The fraction of sp³-hybridized carbons (Fsp3) is 0.280. The number of benzene rings is 2. The Morgan fingerprint density at radius 1 is 1.09 bits per heavy atom. The number of nitrogens with zero attached hydrogens (tertiary/aromatic N) is 3. The van der Waals surface area contributed by atoms with Gasteiger partial charge in [0.05, 0.1) is 6.42 Å². The van der Waals surface area contributed by atoms with Crippen molar-refractivity contribution in [2.24, 2.45) is 0 Å². The Bertz CT molecular complexity index is 1160. The van der Waals surface area contributed by atoms with Gasteiger partial charge >= 0.3 is 5.97 Å². The van der Waals surface area contributed by atoms with Crippen LogP contribution < -0.4 is 4.90 Å². The number of fused-ring (bicyclic) bond motifs is 1. The van der Waals surface area contributed by atoms with Gasteiger partial charge in [-0.2, -0.15) is 4.98 Å². The minimum Gasteiger partial charge on any atom is -0.457 e. The fourth-order valence-corrected chi connectivity index (χ4v) is 3.95. The number of aromatic nitrogens is 2. The molecule has 0 N–H and O–H groups in total. The third kappa shape index (κ3) is 4.32. The van der Waals surface area contributed by atoms with E-state index in [9.17, 15) is 9.59 Å². The molecule has 7 heteroatoms. The summed E-state index contributed by atoms with van der Waals surface area (Å²) in [4.78, 5) is 30.9. The maximum absolute atomic E-state index is 12.5. The second-order valence-corrected chi connectivity index (χ2v) is 8.24. The predicted octanol–water partition coefficient (Wildman–Crippen LogP) is 4.09. The van der Waals surface area contributed by atoms with Crippen molar-refractivity contribution < 1.29 is 18.8 Å². The molecule has 0 aliphatic carbocycles. The number of carbonyl (C=O) groups excluding carboxylic acids is 2. The first-order valence-corrected chi connectivity index (χ1v) is 10.5. The molecule has 1 aliphatic rings. The van der Waals surface area contributed by atoms with E-state index in [4.69, 9.17) is 9.26 Å². The largest absolute Gasteiger partial charge is 0.457 e. The molecule has 0 amide bonds. The average Bonchev–Trinajstić information content (AvgIpc) is 3.35. The van der Waals surface area contributed by atoms with Gasteiger partial charge in [0.1, 0.15) is 0 Å². The summed E-state index contributed by atoms with van der Waals surface area (Å²) in [6.07, 6.45) is 1.87. The van der Waals surface area contributed by atoms with Crippen LogP contribution in [0.4, 0.5) is 5.69 Å². The van der Waals surface area contributed by atoms with Gasteiger partial charge in [-0.25, -0.2) is 0 Å². The zero-order valence-corrected chi connectivity index (χ0v) is 18.4. The smallest absolute Gasteiger partial charge is 0.306 e. The Kier molecular flexibility index (Phi) is 5.90. The van der Waals surface area contributed by atoms with Crippen molar-refractivity contribution in [1.82, 2.24) is 10.1 Å². The SMILES string of the molecule is CN1/C(=C\C(=O)COC(=O)CCc2nc(-c3ccccc3)no2)C(C)(C)c2ccccc21. The van der Waals surface area contributed by atoms with Crippen LogP contribution >= 0.6 is 0 Å². The van der Waals surface area contributed by atoms with Crippen LogP contribution in [0.25, 0.3) is 11.4 Å². The first-order valence-electron chi connectivity index (χ1n) is 10.5. The molecule has 0 fully saturated rings. The molecule has 32 heavy (non-hydrogen) atoms. The molecular formula is C25H25N3O4. The highest BCUT2D eigenvalue weighted by Crippen LogP contribution is 2.46. The van der Waals surface area contributed by atoms with Crippen molar-refractivity contribution in [3.8, 4) is 11.4 Å². The number of aryl methyl sites for hydroxylation is 1. The van der Waals surface area contributed by atoms with Crippen LogP contribution in [0.2, 0.25) is 0 Å². The summed E-state index contributed by atoms with van der Waals surface area (Å²) in [5, 5.41) is 3.93. The van der Waals surface area contributed by atoms with E-state index in [1.807, 2.05) is 60.5 Å². The number of ether oxygens (including phenoxy) is 1. The molecule has 7 nitrogen and oxygen atoms in total. The van der Waals surface area contributed by atoms with E-state index in [0.29, 0.717) is 11.7 Å². The van der Waals surface area contributed by atoms with E-state index >= 15 is 0 Å². The summed E-state index contributed by atoms with van der Waals surface area (Å²) in [5.74, 6) is 0.0742. The predicted molar refractivity (Wildman–Crippen MR) is 120 cm³/mol. The summed E-state index contributed by atoms with van der Waals surface area (Å²) in [5.41, 5.74) is 3.64. The lowest BCUT2D eigenvalue weighted by molar-refractivity contribution is -0.146. The fourth-order valence-electron chi connectivity index (χ4n) is 3.95. The number of ketones is 1. The van der Waals surface area contributed by atoms with Gasteiger partial charge in [-0.1, -0.05) is 67.5 Å². The van der Waals surface area contributed by atoms with Gasteiger partial charge in [0.15, 0.2) is 12.4 Å². The molecule has 2 aromatic carbocycles. The molecule has 1 aromatic heterocycles. The van der Waals surface area contributed by atoms with Gasteiger partial charge < -0.3 is 14.2 Å². The second kappa shape index (κ2) is 8.78. The lowest BCUT2D eigenvalue weighted by atomic mass is 9.83. The van der Waals surface area contributed by atoms with Gasteiger partial charge in [0.25, 0.3) is 0 Å². The first kappa shape index (κ1) is 21.5. The number of carbonyl (C=O) groups is 2. The summed E-state index contributed by atoms with van der Waals surface area (Å²) in [6, 6.07) is 17.5. The van der Waals surface area contributed by atoms with Crippen LogP contribution in [0.15, 0.2) is 70.9 Å². The van der Waals surface area contributed by atoms with Crippen molar-refractivity contribution in [1.29, 1.82) is 0 Å². The summed E-state index contributed by atoms with van der Waals surface area (Å²) < 4.78 is 10.4. The van der Waals surface area contributed by atoms with Gasteiger partial charge in [-0.15, -0.1) is 0 Å². The van der Waals surface area contributed by atoms with Gasteiger partial charge in [-0.05, 0) is 11.6 Å². The Morgan fingerprint density at radius 3 is 2.56 bits per heavy atom. The number of likely N-dealkylation sites (N-methyl/N-ethyl adjacent to an activating group) is 1. The maximum Gasteiger partial charge on any atom is 0.306 e. The van der Waals surface area contributed by atoms with Crippen LogP contribution in [-0.2, 0) is 26.2 Å². The van der Waals surface area contributed by atoms with E-state index in [2.05, 4.69) is 30.1 Å². The van der Waals surface area contributed by atoms with Gasteiger partial charge in [-0.3, -0.25) is 9.59 Å². The lowest BCUT2D eigenvalue weighted by Gasteiger charge is -2.23. The van der Waals surface area contributed by atoms with E-state index < -0.39 is 5.97 Å². The van der Waals surface area contributed by atoms with Crippen molar-refractivity contribution in [2.75, 3.05) is 18.6 Å². The number of hydrogen-bond acceptors (Lipinski definition) is 7. The summed E-state index contributed by atoms with van der Waals surface area (Å²) >= 11 is 0. The highest BCUT2D eigenvalue weighted by molar-refractivity contribution is 5.94. The highest BCUT2D eigenvalue weighted by Gasteiger charge is 2.38. The molecule has 0 saturated carbocycles. The van der Waals surface area contributed by atoms with E-state index in [1.54, 1.807) is 6.08 Å². The van der Waals surface area contributed by atoms with E-state index in [1.165, 1.54) is 0 Å². The average molecular weight is 431 g/mol. The maximum atomic E-state index is 12.5. The zero-order valence-electron chi connectivity index (χ0n) is 18.4. The Labute approximate surface area is 186 Å². The molecule has 164 valence electrons. The molecule has 0 spiro atoms. The van der Waals surface area contributed by atoms with E-state index in [-0.39, 0.29) is 30.6 Å². The number of hydrogen-bond donors (Lipinski definition) is 0. The van der Waals surface area contributed by atoms with E-state index in [0.717, 1.165) is 22.5 Å². The Morgan fingerprint density at radius 2 is 1.81 bits per heavy atom. The van der Waals surface area contributed by atoms with Crippen molar-refractivity contribution in [3.63, 3.8) is 0 Å². The summed E-state index contributed by atoms with van der Waals surface area (Å²) in [6.45, 7) is 3.85. The first-order chi connectivity index (χ1) is 15.4. The standard InChI is InChI=1S/C25H25N3O4/c1-25(2)19-11-7-8-12-20(19)28(3)21(25)15-18(29)16-31-23(30)14-13-22-26-24(27-32-22)17-9-5-4-6-10-17/h4-12,15H,13-14,16H2,1-3H3/b21-15-. The third-order valence-electron chi connectivity index (χ3n) is 5.66. The third-order valence-corrected chi connectivity index (χ3v) is 5.66. The molecule has 0 saturated heterocycles. The molecule has 0 radical (unpaired) electrons. The number of para-hydroxylation sites is 1. The van der Waals surface area contributed by atoms with Crippen LogP contribution in [0.3, 0.4) is 0 Å². The van der Waals surface area contributed by atoms with Gasteiger partial charge in [0, 0.05) is 41.9 Å². The van der Waals surface area contributed by atoms with Crippen LogP contribution in [0.1, 0.15) is 31.7 Å². The quantitative estimate of drug-likeness (QED) is 0.411. The number of anilines is 1. The van der Waals surface area contributed by atoms with Crippen molar-refractivity contribution >= 4 is 17.4 Å². The number of esters is 1. The second-order valence-electron chi connectivity index (χ2n) is 8.24. The Hall–Kier alpha value is -3.74. The van der Waals surface area contributed by atoms with Crippen LogP contribution in [0, 0.1) is 0 Å². The lowest BCUT2D eigenvalue weighted by Crippen LogP contribution is -2.25. The molecule has 0 bridgehead atoms. The van der Waals surface area contributed by atoms with Gasteiger partial charge in [0.2, 0.25) is 11.7 Å². The van der Waals surface area contributed by atoms with Crippen LogP contribution in [0.5, 0.6) is 0 Å². The monoisotopic (exact) mass is 431 g/mol. The molecule has 1 aliphatic heterocycles. The highest BCUT2D eigenvalue weighted by atomic mass is 16.5. The topological polar surface area (TPSA) is 85.5 Å². The van der Waals surface area contributed by atoms with Crippen LogP contribution in [-0.4, -0.2) is 35.5 Å². The van der Waals surface area contributed by atoms with Crippen molar-refractivity contribution in [2.45, 2.75) is 32.1 Å². The minimum absolute atomic E-state index is 0.0527.